The molecule has 0 bridgehead atoms. The van der Waals surface area contributed by atoms with Crippen molar-refractivity contribution in [2.45, 2.75) is 31.0 Å². The van der Waals surface area contributed by atoms with Crippen LogP contribution in [0.4, 0.5) is 9.93 Å². The minimum absolute atomic E-state index is 0.275. The number of carbonyl (C=O) groups excluding carboxylic acids is 1. The monoisotopic (exact) mass is 387 g/mol. The zero-order valence-electron chi connectivity index (χ0n) is 13.2. The summed E-state index contributed by atoms with van der Waals surface area (Å²) in [6.45, 7) is 4.55. The number of hydrogen-bond donors (Lipinski definition) is 1. The van der Waals surface area contributed by atoms with Crippen LogP contribution < -0.4 is 5.32 Å². The fraction of sp³-hybridized carbons (Fsp3) is 0.429. The molecule has 0 fully saturated rings. The predicted molar refractivity (Wildman–Crippen MR) is 93.1 cm³/mol. The van der Waals surface area contributed by atoms with Gasteiger partial charge in [0.15, 0.2) is 5.13 Å². The predicted octanol–water partition coefficient (Wildman–Crippen LogP) is 2.83. The Labute approximate surface area is 148 Å². The number of carbonyl (C=O) groups is 1. The van der Waals surface area contributed by atoms with Crippen molar-refractivity contribution in [3.05, 3.63) is 27.6 Å². The third-order valence-corrected chi connectivity index (χ3v) is 7.80. The Balaban J connectivity index is 1.77. The first kappa shape index (κ1) is 17.3. The molecule has 0 aromatic carbocycles. The molecular weight excluding hydrogens is 370 g/mol. The molecule has 130 valence electrons. The third-order valence-electron chi connectivity index (χ3n) is 3.49. The molecule has 1 N–H and O–H groups in total. The Bertz CT molecular complexity index is 856. The zero-order chi connectivity index (χ0) is 17.3. The summed E-state index contributed by atoms with van der Waals surface area (Å²) in [5.41, 5.74) is 0.834. The van der Waals surface area contributed by atoms with Crippen molar-refractivity contribution in [2.75, 3.05) is 18.5 Å². The summed E-state index contributed by atoms with van der Waals surface area (Å²) in [6.07, 6.45) is -0.0259. The van der Waals surface area contributed by atoms with E-state index >= 15 is 0 Å². The number of thiazole rings is 1. The van der Waals surface area contributed by atoms with Gasteiger partial charge in [0, 0.05) is 22.7 Å². The van der Waals surface area contributed by atoms with Gasteiger partial charge in [0.05, 0.1) is 18.8 Å². The molecule has 0 radical (unpaired) electrons. The van der Waals surface area contributed by atoms with Crippen LogP contribution in [0, 0.1) is 6.92 Å². The average Bonchev–Trinajstić information content (AvgIpc) is 3.12. The first-order valence-corrected chi connectivity index (χ1v) is 10.5. The number of aromatic nitrogens is 1. The maximum atomic E-state index is 12.7. The SMILES string of the molecule is CCOC(=O)Nc1nc2c(s1)CN(S(=O)(=O)c1ccc(C)s1)CC2. The minimum atomic E-state index is -3.49. The molecule has 1 amide bonds. The van der Waals surface area contributed by atoms with Gasteiger partial charge in [0.1, 0.15) is 4.21 Å². The van der Waals surface area contributed by atoms with E-state index < -0.39 is 16.1 Å². The first-order valence-electron chi connectivity index (χ1n) is 7.39. The molecule has 2 aromatic heterocycles. The quantitative estimate of drug-likeness (QED) is 0.871. The van der Waals surface area contributed by atoms with Gasteiger partial charge < -0.3 is 4.74 Å². The molecule has 0 saturated heterocycles. The number of fused-ring (bicyclic) bond motifs is 1. The highest BCUT2D eigenvalue weighted by Gasteiger charge is 2.31. The van der Waals surface area contributed by atoms with Crippen LogP contribution in [0.1, 0.15) is 22.4 Å². The molecule has 0 aliphatic carbocycles. The van der Waals surface area contributed by atoms with E-state index in [4.69, 9.17) is 4.74 Å². The molecule has 3 heterocycles. The standard InChI is InChI=1S/C14H17N3O4S3/c1-3-21-14(18)16-13-15-10-6-7-17(8-11(10)23-13)24(19,20)12-5-4-9(2)22-12/h4-5H,3,6-8H2,1-2H3,(H,15,16,18). The summed E-state index contributed by atoms with van der Waals surface area (Å²) in [6, 6.07) is 3.45. The summed E-state index contributed by atoms with van der Waals surface area (Å²) >= 11 is 2.56. The fourth-order valence-corrected chi connectivity index (χ4v) is 6.30. The van der Waals surface area contributed by atoms with Crippen LogP contribution in [0.25, 0.3) is 0 Å². The van der Waals surface area contributed by atoms with Crippen molar-refractivity contribution < 1.29 is 17.9 Å². The van der Waals surface area contributed by atoms with Crippen molar-refractivity contribution in [1.82, 2.24) is 9.29 Å². The molecule has 0 unspecified atom stereocenters. The number of anilines is 1. The Morgan fingerprint density at radius 3 is 2.88 bits per heavy atom. The molecule has 10 heteroatoms. The summed E-state index contributed by atoms with van der Waals surface area (Å²) in [7, 11) is -3.49. The second kappa shape index (κ2) is 6.79. The second-order valence-electron chi connectivity index (χ2n) is 5.19. The van der Waals surface area contributed by atoms with E-state index in [1.165, 1.54) is 27.0 Å². The third kappa shape index (κ3) is 3.46. The molecular formula is C14H17N3O4S3. The molecule has 0 spiro atoms. The van der Waals surface area contributed by atoms with Gasteiger partial charge in [-0.15, -0.1) is 11.3 Å². The number of hydrogen-bond acceptors (Lipinski definition) is 7. The maximum Gasteiger partial charge on any atom is 0.413 e. The Morgan fingerprint density at radius 1 is 1.42 bits per heavy atom. The maximum absolute atomic E-state index is 12.7. The zero-order valence-corrected chi connectivity index (χ0v) is 15.7. The summed E-state index contributed by atoms with van der Waals surface area (Å²) < 4.78 is 32.1. The Morgan fingerprint density at radius 2 is 2.21 bits per heavy atom. The second-order valence-corrected chi connectivity index (χ2v) is 9.72. The van der Waals surface area contributed by atoms with Crippen molar-refractivity contribution in [1.29, 1.82) is 0 Å². The average molecular weight is 388 g/mol. The van der Waals surface area contributed by atoms with E-state index in [9.17, 15) is 13.2 Å². The van der Waals surface area contributed by atoms with Crippen molar-refractivity contribution in [2.24, 2.45) is 0 Å². The molecule has 0 saturated carbocycles. The minimum Gasteiger partial charge on any atom is -0.450 e. The number of nitrogens with zero attached hydrogens (tertiary/aromatic N) is 2. The number of thiophene rings is 1. The lowest BCUT2D eigenvalue weighted by Gasteiger charge is -2.24. The van der Waals surface area contributed by atoms with E-state index in [0.717, 1.165) is 15.4 Å². The van der Waals surface area contributed by atoms with E-state index in [1.54, 1.807) is 19.1 Å². The topological polar surface area (TPSA) is 88.6 Å². The summed E-state index contributed by atoms with van der Waals surface area (Å²) in [5.74, 6) is 0. The number of sulfonamides is 1. The van der Waals surface area contributed by atoms with Gasteiger partial charge in [-0.3, -0.25) is 5.32 Å². The Kier molecular flexibility index (Phi) is 4.90. The van der Waals surface area contributed by atoms with Gasteiger partial charge in [-0.2, -0.15) is 4.31 Å². The highest BCUT2D eigenvalue weighted by atomic mass is 32.2. The van der Waals surface area contributed by atoms with Crippen molar-refractivity contribution >= 4 is 43.9 Å². The molecule has 1 aliphatic rings. The van der Waals surface area contributed by atoms with Crippen LogP contribution in [0.3, 0.4) is 0 Å². The van der Waals surface area contributed by atoms with Crippen LogP contribution in [0.5, 0.6) is 0 Å². The van der Waals surface area contributed by atoms with Gasteiger partial charge in [-0.25, -0.2) is 18.2 Å². The molecule has 2 aromatic rings. The molecule has 24 heavy (non-hydrogen) atoms. The van der Waals surface area contributed by atoms with Gasteiger partial charge in [0.25, 0.3) is 10.0 Å². The van der Waals surface area contributed by atoms with Crippen LogP contribution in [0.2, 0.25) is 0 Å². The molecule has 1 aliphatic heterocycles. The van der Waals surface area contributed by atoms with Crippen LogP contribution in [-0.4, -0.2) is 37.0 Å². The van der Waals surface area contributed by atoms with E-state index in [0.29, 0.717) is 22.3 Å². The first-order chi connectivity index (χ1) is 11.4. The Hall–Kier alpha value is -1.49. The molecule has 3 rings (SSSR count). The number of amides is 1. The summed E-state index contributed by atoms with van der Waals surface area (Å²) in [5, 5.41) is 3.00. The largest absolute Gasteiger partial charge is 0.450 e. The lowest BCUT2D eigenvalue weighted by molar-refractivity contribution is 0.168. The van der Waals surface area contributed by atoms with Gasteiger partial charge >= 0.3 is 6.09 Å². The van der Waals surface area contributed by atoms with Gasteiger partial charge in [-0.1, -0.05) is 11.3 Å². The van der Waals surface area contributed by atoms with Crippen LogP contribution in [0.15, 0.2) is 16.3 Å². The number of rotatable bonds is 4. The van der Waals surface area contributed by atoms with Crippen molar-refractivity contribution in [3.8, 4) is 0 Å². The molecule has 7 nitrogen and oxygen atoms in total. The van der Waals surface area contributed by atoms with Crippen LogP contribution >= 0.6 is 22.7 Å². The van der Waals surface area contributed by atoms with E-state index in [2.05, 4.69) is 10.3 Å². The highest BCUT2D eigenvalue weighted by molar-refractivity contribution is 7.91. The lowest BCUT2D eigenvalue weighted by Crippen LogP contribution is -2.35. The number of ether oxygens (including phenoxy) is 1. The van der Waals surface area contributed by atoms with Gasteiger partial charge in [-0.05, 0) is 26.0 Å². The van der Waals surface area contributed by atoms with Crippen molar-refractivity contribution in [3.63, 3.8) is 0 Å². The molecule has 0 atom stereocenters. The van der Waals surface area contributed by atoms with Gasteiger partial charge in [0.2, 0.25) is 0 Å². The number of nitrogens with one attached hydrogen (secondary N) is 1. The van der Waals surface area contributed by atoms with E-state index in [-0.39, 0.29) is 13.2 Å². The normalized spacial score (nSPS) is 15.1. The highest BCUT2D eigenvalue weighted by Crippen LogP contribution is 2.32. The van der Waals surface area contributed by atoms with Crippen LogP contribution in [-0.2, 0) is 27.7 Å². The summed E-state index contributed by atoms with van der Waals surface area (Å²) in [4.78, 5) is 17.6. The smallest absolute Gasteiger partial charge is 0.413 e. The number of aryl methyl sites for hydroxylation is 1. The van der Waals surface area contributed by atoms with E-state index in [1.807, 2.05) is 6.92 Å². The fourth-order valence-electron chi connectivity index (χ4n) is 2.36. The lowest BCUT2D eigenvalue weighted by atomic mass is 10.2.